The summed E-state index contributed by atoms with van der Waals surface area (Å²) in [5, 5.41) is 3.11. The van der Waals surface area contributed by atoms with Crippen LogP contribution in [0.25, 0.3) is 0 Å². The predicted molar refractivity (Wildman–Crippen MR) is 131 cm³/mol. The van der Waals surface area contributed by atoms with Crippen LogP contribution in [0, 0.1) is 33.6 Å². The molecular formula is C26H36N2O3S. The van der Waals surface area contributed by atoms with Crippen molar-refractivity contribution in [1.82, 2.24) is 4.31 Å². The summed E-state index contributed by atoms with van der Waals surface area (Å²) in [6.07, 6.45) is 2.05. The molecule has 1 aliphatic rings. The van der Waals surface area contributed by atoms with Crippen LogP contribution in [0.4, 0.5) is 5.69 Å². The molecule has 0 spiro atoms. The summed E-state index contributed by atoms with van der Waals surface area (Å²) in [4.78, 5) is 13.4. The number of carbonyl (C=O) groups excluding carboxylic acids is 1. The quantitative estimate of drug-likeness (QED) is 0.626. The van der Waals surface area contributed by atoms with E-state index in [1.807, 2.05) is 52.0 Å². The number of rotatable bonds is 6. The first kappa shape index (κ1) is 24.5. The highest BCUT2D eigenvalue weighted by atomic mass is 32.2. The summed E-state index contributed by atoms with van der Waals surface area (Å²) < 4.78 is 28.5. The van der Waals surface area contributed by atoms with Crippen LogP contribution >= 0.6 is 0 Å². The second-order valence-electron chi connectivity index (χ2n) is 9.15. The molecule has 3 rings (SSSR count). The SMILES string of the molecule is CCC(C)c1ccccc1NC(=O)C1CCN(S(=O)(=O)c2c(C)c(C)cc(C)c2C)CC1. The van der Waals surface area contributed by atoms with Crippen molar-refractivity contribution >= 4 is 21.6 Å². The lowest BCUT2D eigenvalue weighted by molar-refractivity contribution is -0.120. The fourth-order valence-electron chi connectivity index (χ4n) is 4.55. The van der Waals surface area contributed by atoms with Gasteiger partial charge in [-0.3, -0.25) is 4.79 Å². The molecule has 1 fully saturated rings. The van der Waals surface area contributed by atoms with Crippen LogP contribution in [0.3, 0.4) is 0 Å². The number of nitrogens with one attached hydrogen (secondary N) is 1. The zero-order chi connectivity index (χ0) is 23.6. The van der Waals surface area contributed by atoms with Gasteiger partial charge in [-0.15, -0.1) is 0 Å². The number of para-hydroxylation sites is 1. The van der Waals surface area contributed by atoms with Gasteiger partial charge < -0.3 is 5.32 Å². The second kappa shape index (κ2) is 9.75. The Hall–Kier alpha value is -2.18. The molecule has 5 nitrogen and oxygen atoms in total. The largest absolute Gasteiger partial charge is 0.326 e. The molecule has 0 aliphatic carbocycles. The van der Waals surface area contributed by atoms with Gasteiger partial charge in [0.15, 0.2) is 0 Å². The number of carbonyl (C=O) groups is 1. The molecule has 1 aliphatic heterocycles. The van der Waals surface area contributed by atoms with Crippen LogP contribution in [0.15, 0.2) is 35.2 Å². The standard InChI is InChI=1S/C26H36N2O3S/c1-7-17(2)23-10-8-9-11-24(23)27-26(29)22-12-14-28(15-13-22)32(30,31)25-20(5)18(3)16-19(4)21(25)6/h8-11,16-17,22H,7,12-15H2,1-6H3,(H,27,29). The summed E-state index contributed by atoms with van der Waals surface area (Å²) >= 11 is 0. The smallest absolute Gasteiger partial charge is 0.243 e. The molecule has 1 unspecified atom stereocenters. The van der Waals surface area contributed by atoms with E-state index in [-0.39, 0.29) is 11.8 Å². The zero-order valence-electron chi connectivity index (χ0n) is 20.2. The van der Waals surface area contributed by atoms with E-state index in [2.05, 4.69) is 25.2 Å². The number of piperidine rings is 1. The molecule has 1 heterocycles. The fourth-order valence-corrected chi connectivity index (χ4v) is 6.60. The van der Waals surface area contributed by atoms with Crippen molar-refractivity contribution in [3.63, 3.8) is 0 Å². The Balaban J connectivity index is 1.73. The van der Waals surface area contributed by atoms with Crippen molar-refractivity contribution < 1.29 is 13.2 Å². The van der Waals surface area contributed by atoms with Crippen molar-refractivity contribution in [3.05, 3.63) is 58.1 Å². The van der Waals surface area contributed by atoms with Gasteiger partial charge in [-0.05, 0) is 86.8 Å². The third kappa shape index (κ3) is 4.76. The Labute approximate surface area is 193 Å². The first-order chi connectivity index (χ1) is 15.1. The van der Waals surface area contributed by atoms with Crippen LogP contribution in [-0.2, 0) is 14.8 Å². The second-order valence-corrected chi connectivity index (χ2v) is 11.0. The van der Waals surface area contributed by atoms with Crippen LogP contribution in [0.1, 0.15) is 66.8 Å². The summed E-state index contributed by atoms with van der Waals surface area (Å²) in [6, 6.07) is 9.98. The summed E-state index contributed by atoms with van der Waals surface area (Å²) in [5.41, 5.74) is 5.61. The highest BCUT2D eigenvalue weighted by Gasteiger charge is 2.34. The Morgan fingerprint density at radius 2 is 1.62 bits per heavy atom. The maximum Gasteiger partial charge on any atom is 0.243 e. The van der Waals surface area contributed by atoms with Crippen molar-refractivity contribution in [2.24, 2.45) is 5.92 Å². The first-order valence-electron chi connectivity index (χ1n) is 11.5. The monoisotopic (exact) mass is 456 g/mol. The highest BCUT2D eigenvalue weighted by Crippen LogP contribution is 2.32. The number of hydrogen-bond acceptors (Lipinski definition) is 3. The molecule has 32 heavy (non-hydrogen) atoms. The Morgan fingerprint density at radius 1 is 1.06 bits per heavy atom. The van der Waals surface area contributed by atoms with Gasteiger partial charge in [-0.1, -0.05) is 38.1 Å². The number of sulfonamides is 1. The molecule has 0 aromatic heterocycles. The fraction of sp³-hybridized carbons (Fsp3) is 0.500. The number of amides is 1. The van der Waals surface area contributed by atoms with Gasteiger partial charge >= 0.3 is 0 Å². The Morgan fingerprint density at radius 3 is 2.19 bits per heavy atom. The number of hydrogen-bond donors (Lipinski definition) is 1. The lowest BCUT2D eigenvalue weighted by atomic mass is 9.94. The van der Waals surface area contributed by atoms with Gasteiger partial charge in [0.05, 0.1) is 4.90 Å². The minimum atomic E-state index is -3.60. The minimum absolute atomic E-state index is 0.0171. The van der Waals surface area contributed by atoms with E-state index in [4.69, 9.17) is 0 Å². The molecule has 1 saturated heterocycles. The van der Waals surface area contributed by atoms with Crippen molar-refractivity contribution in [2.75, 3.05) is 18.4 Å². The van der Waals surface area contributed by atoms with Gasteiger partial charge in [0.1, 0.15) is 0 Å². The molecule has 0 radical (unpaired) electrons. The average Bonchev–Trinajstić information content (AvgIpc) is 2.77. The minimum Gasteiger partial charge on any atom is -0.326 e. The Bertz CT molecular complexity index is 1070. The average molecular weight is 457 g/mol. The maximum absolute atomic E-state index is 13.5. The van der Waals surface area contributed by atoms with Crippen molar-refractivity contribution in [2.45, 2.75) is 71.6 Å². The highest BCUT2D eigenvalue weighted by molar-refractivity contribution is 7.89. The van der Waals surface area contributed by atoms with Crippen LogP contribution < -0.4 is 5.32 Å². The van der Waals surface area contributed by atoms with E-state index in [1.165, 1.54) is 0 Å². The third-order valence-electron chi connectivity index (χ3n) is 7.08. The van der Waals surface area contributed by atoms with E-state index in [0.29, 0.717) is 36.7 Å². The number of anilines is 1. The van der Waals surface area contributed by atoms with Gasteiger partial charge in [0.2, 0.25) is 15.9 Å². The van der Waals surface area contributed by atoms with E-state index in [9.17, 15) is 13.2 Å². The van der Waals surface area contributed by atoms with E-state index >= 15 is 0 Å². The van der Waals surface area contributed by atoms with Gasteiger partial charge in [-0.25, -0.2) is 8.42 Å². The van der Waals surface area contributed by atoms with E-state index in [1.54, 1.807) is 4.31 Å². The van der Waals surface area contributed by atoms with Crippen LogP contribution in [0.5, 0.6) is 0 Å². The summed E-state index contributed by atoms with van der Waals surface area (Å²) in [5.74, 6) is 0.159. The molecule has 1 atom stereocenters. The first-order valence-corrected chi connectivity index (χ1v) is 13.0. The summed E-state index contributed by atoms with van der Waals surface area (Å²) in [6.45, 7) is 12.7. The number of nitrogens with zero attached hydrogens (tertiary/aromatic N) is 1. The lowest BCUT2D eigenvalue weighted by Crippen LogP contribution is -2.42. The zero-order valence-corrected chi connectivity index (χ0v) is 21.0. The van der Waals surface area contributed by atoms with Crippen molar-refractivity contribution in [1.29, 1.82) is 0 Å². The van der Waals surface area contributed by atoms with Gasteiger partial charge in [0.25, 0.3) is 0 Å². The maximum atomic E-state index is 13.5. The van der Waals surface area contributed by atoms with E-state index < -0.39 is 10.0 Å². The molecule has 0 bridgehead atoms. The lowest BCUT2D eigenvalue weighted by Gasteiger charge is -2.32. The third-order valence-corrected chi connectivity index (χ3v) is 9.26. The molecule has 6 heteroatoms. The van der Waals surface area contributed by atoms with Crippen LogP contribution in [-0.4, -0.2) is 31.7 Å². The topological polar surface area (TPSA) is 66.5 Å². The van der Waals surface area contributed by atoms with Crippen molar-refractivity contribution in [3.8, 4) is 0 Å². The van der Waals surface area contributed by atoms with Gasteiger partial charge in [0, 0.05) is 24.7 Å². The molecule has 1 N–H and O–H groups in total. The van der Waals surface area contributed by atoms with Crippen LogP contribution in [0.2, 0.25) is 0 Å². The normalized spacial score (nSPS) is 16.7. The Kier molecular flexibility index (Phi) is 7.46. The predicted octanol–water partition coefficient (Wildman–Crippen LogP) is 5.47. The van der Waals surface area contributed by atoms with E-state index in [0.717, 1.165) is 39.9 Å². The van der Waals surface area contributed by atoms with Gasteiger partial charge in [-0.2, -0.15) is 4.31 Å². The molecule has 2 aromatic rings. The molecule has 0 saturated carbocycles. The molecular weight excluding hydrogens is 420 g/mol. The summed E-state index contributed by atoms with van der Waals surface area (Å²) in [7, 11) is -3.60. The number of aryl methyl sites for hydroxylation is 2. The molecule has 1 amide bonds. The number of benzene rings is 2. The molecule has 2 aromatic carbocycles. The molecule has 174 valence electrons.